The summed E-state index contributed by atoms with van der Waals surface area (Å²) < 4.78 is 4.88. The summed E-state index contributed by atoms with van der Waals surface area (Å²) in [5, 5.41) is 0. The fourth-order valence-electron chi connectivity index (χ4n) is 1.18. The molecule has 0 aliphatic heterocycles. The highest BCUT2D eigenvalue weighted by molar-refractivity contribution is 5.74. The van der Waals surface area contributed by atoms with Crippen LogP contribution in [-0.2, 0) is 9.53 Å². The van der Waals surface area contributed by atoms with Crippen LogP contribution in [0.15, 0.2) is 0 Å². The molecule has 0 spiro atoms. The van der Waals surface area contributed by atoms with Gasteiger partial charge in [0.2, 0.25) is 0 Å². The second-order valence-electron chi connectivity index (χ2n) is 3.66. The van der Waals surface area contributed by atoms with Crippen LogP contribution in [0, 0.1) is 0 Å². The molecule has 0 bridgehead atoms. The van der Waals surface area contributed by atoms with Crippen molar-refractivity contribution in [1.82, 2.24) is 5.73 Å². The molecule has 0 saturated carbocycles. The zero-order chi connectivity index (χ0) is 10.8. The molecule has 83 valence electrons. The predicted molar refractivity (Wildman–Crippen MR) is 56.9 cm³/mol. The van der Waals surface area contributed by atoms with Crippen molar-refractivity contribution in [2.45, 2.75) is 58.4 Å². The van der Waals surface area contributed by atoms with Crippen LogP contribution in [0.4, 0.5) is 0 Å². The Hall–Kier alpha value is -0.570. The monoisotopic (exact) mass is 200 g/mol. The Kier molecular flexibility index (Phi) is 8.64. The van der Waals surface area contributed by atoms with E-state index in [0.29, 0.717) is 6.61 Å². The molecule has 3 heteroatoms. The van der Waals surface area contributed by atoms with E-state index in [-0.39, 0.29) is 0 Å². The van der Waals surface area contributed by atoms with Gasteiger partial charge in [-0.05, 0) is 13.3 Å². The number of esters is 1. The van der Waals surface area contributed by atoms with Crippen molar-refractivity contribution < 1.29 is 9.53 Å². The van der Waals surface area contributed by atoms with Crippen LogP contribution >= 0.6 is 0 Å². The van der Waals surface area contributed by atoms with Crippen LogP contribution in [0.1, 0.15) is 52.4 Å². The number of carbonyl (C=O) groups is 1. The molecule has 0 rings (SSSR count). The average Bonchev–Trinajstić information content (AvgIpc) is 2.16. The first-order chi connectivity index (χ1) is 6.68. The number of nitrogens with one attached hydrogen (secondary N) is 1. The lowest BCUT2D eigenvalue weighted by Gasteiger charge is -2.05. The van der Waals surface area contributed by atoms with Gasteiger partial charge in [0.05, 0.1) is 6.61 Å². The van der Waals surface area contributed by atoms with Crippen molar-refractivity contribution in [2.75, 3.05) is 6.61 Å². The van der Waals surface area contributed by atoms with Gasteiger partial charge in [-0.3, -0.25) is 4.79 Å². The molecule has 0 aromatic heterocycles. The Labute approximate surface area is 87.0 Å². The van der Waals surface area contributed by atoms with E-state index < -0.39 is 12.0 Å². The van der Waals surface area contributed by atoms with Crippen molar-refractivity contribution in [3.05, 3.63) is 0 Å². The Morgan fingerprint density at radius 3 is 2.36 bits per heavy atom. The third-order valence-corrected chi connectivity index (χ3v) is 2.10. The fraction of sp³-hybridized carbons (Fsp3) is 0.909. The fourth-order valence-corrected chi connectivity index (χ4v) is 1.18. The predicted octanol–water partition coefficient (Wildman–Crippen LogP) is 2.56. The molecular weight excluding hydrogens is 178 g/mol. The summed E-state index contributed by atoms with van der Waals surface area (Å²) in [6.45, 7) is 4.20. The van der Waals surface area contributed by atoms with E-state index >= 15 is 0 Å². The quantitative estimate of drug-likeness (QED) is 0.446. The Morgan fingerprint density at radius 1 is 1.21 bits per heavy atom. The van der Waals surface area contributed by atoms with Gasteiger partial charge >= 0.3 is 5.97 Å². The third kappa shape index (κ3) is 8.05. The maximum absolute atomic E-state index is 10.9. The molecule has 1 unspecified atom stereocenters. The molecule has 0 aromatic rings. The van der Waals surface area contributed by atoms with Gasteiger partial charge < -0.3 is 4.74 Å². The van der Waals surface area contributed by atoms with Crippen molar-refractivity contribution >= 4 is 5.97 Å². The minimum atomic E-state index is -0.741. The molecule has 1 radical (unpaired) electrons. The highest BCUT2D eigenvalue weighted by atomic mass is 16.5. The van der Waals surface area contributed by atoms with Crippen molar-refractivity contribution in [2.24, 2.45) is 0 Å². The molecule has 14 heavy (non-hydrogen) atoms. The van der Waals surface area contributed by atoms with E-state index in [0.717, 1.165) is 12.8 Å². The number of hydrogen-bond acceptors (Lipinski definition) is 2. The number of carbonyl (C=O) groups excluding carboxylic acids is 1. The summed E-state index contributed by atoms with van der Waals surface area (Å²) in [4.78, 5) is 10.9. The molecule has 1 N–H and O–H groups in total. The second kappa shape index (κ2) is 9.00. The molecule has 0 fully saturated rings. The molecule has 0 aromatic carbocycles. The summed E-state index contributed by atoms with van der Waals surface area (Å²) >= 11 is 0. The zero-order valence-electron chi connectivity index (χ0n) is 9.34. The summed E-state index contributed by atoms with van der Waals surface area (Å²) in [6.07, 6.45) is 7.11. The van der Waals surface area contributed by atoms with Gasteiger partial charge in [0.15, 0.2) is 0 Å². The lowest BCUT2D eigenvalue weighted by atomic mass is 10.1. The minimum absolute atomic E-state index is 0.404. The first-order valence-corrected chi connectivity index (χ1v) is 5.56. The van der Waals surface area contributed by atoms with Crippen LogP contribution in [0.2, 0.25) is 0 Å². The Balaban J connectivity index is 3.10. The first-order valence-electron chi connectivity index (χ1n) is 5.56. The molecule has 0 heterocycles. The molecule has 0 aliphatic carbocycles. The van der Waals surface area contributed by atoms with Gasteiger partial charge in [-0.25, -0.2) is 5.73 Å². The summed E-state index contributed by atoms with van der Waals surface area (Å²) in [5.74, 6) is -0.404. The summed E-state index contributed by atoms with van der Waals surface area (Å²) in [7, 11) is 0. The van der Waals surface area contributed by atoms with Crippen LogP contribution < -0.4 is 5.73 Å². The summed E-state index contributed by atoms with van der Waals surface area (Å²) in [5.41, 5.74) is 7.08. The second-order valence-corrected chi connectivity index (χ2v) is 3.66. The molecule has 1 atom stereocenters. The topological polar surface area (TPSA) is 50.1 Å². The summed E-state index contributed by atoms with van der Waals surface area (Å²) in [6, 6.07) is -0.741. The Bertz CT molecular complexity index is 146. The number of ether oxygens (including phenoxy) is 1. The van der Waals surface area contributed by atoms with Gasteiger partial charge in [-0.1, -0.05) is 39.0 Å². The van der Waals surface area contributed by atoms with Crippen LogP contribution in [0.3, 0.4) is 0 Å². The average molecular weight is 200 g/mol. The largest absolute Gasteiger partial charge is 0.464 e. The molecular formula is C11H22NO2. The van der Waals surface area contributed by atoms with E-state index in [1.165, 1.54) is 32.6 Å². The van der Waals surface area contributed by atoms with E-state index in [9.17, 15) is 4.79 Å². The van der Waals surface area contributed by atoms with Gasteiger partial charge in [-0.2, -0.15) is 0 Å². The van der Waals surface area contributed by atoms with E-state index in [1.54, 1.807) is 0 Å². The Morgan fingerprint density at radius 2 is 1.79 bits per heavy atom. The van der Waals surface area contributed by atoms with Crippen molar-refractivity contribution in [3.8, 4) is 0 Å². The number of rotatable bonds is 8. The van der Waals surface area contributed by atoms with Crippen LogP contribution in [0.25, 0.3) is 0 Å². The highest BCUT2D eigenvalue weighted by Gasteiger charge is 2.08. The third-order valence-electron chi connectivity index (χ3n) is 2.10. The smallest absolute Gasteiger partial charge is 0.324 e. The maximum Gasteiger partial charge on any atom is 0.324 e. The number of unbranched alkanes of at least 4 members (excludes halogenated alkanes) is 5. The van der Waals surface area contributed by atoms with Gasteiger partial charge in [0.25, 0.3) is 0 Å². The van der Waals surface area contributed by atoms with Gasteiger partial charge in [0, 0.05) is 0 Å². The standard InChI is InChI=1S/C11H22NO2/c1-3-4-5-6-7-8-9-14-11(13)10(2)12/h10,12H,3-9H2,1-2H3. The van der Waals surface area contributed by atoms with Crippen molar-refractivity contribution in [3.63, 3.8) is 0 Å². The highest BCUT2D eigenvalue weighted by Crippen LogP contribution is 2.05. The van der Waals surface area contributed by atoms with Crippen molar-refractivity contribution in [1.29, 1.82) is 0 Å². The first kappa shape index (κ1) is 13.4. The SMILES string of the molecule is CCCCCCCCOC(=O)C(C)[NH]. The van der Waals surface area contributed by atoms with Gasteiger partial charge in [-0.15, -0.1) is 0 Å². The van der Waals surface area contributed by atoms with E-state index in [4.69, 9.17) is 10.5 Å². The molecule has 3 nitrogen and oxygen atoms in total. The molecule has 0 amide bonds. The van der Waals surface area contributed by atoms with E-state index in [2.05, 4.69) is 6.92 Å². The number of hydrogen-bond donors (Lipinski definition) is 0. The molecule has 0 aliphatic rings. The van der Waals surface area contributed by atoms with Crippen LogP contribution in [0.5, 0.6) is 0 Å². The zero-order valence-corrected chi connectivity index (χ0v) is 9.34. The maximum atomic E-state index is 10.9. The van der Waals surface area contributed by atoms with E-state index in [1.807, 2.05) is 0 Å². The lowest BCUT2D eigenvalue weighted by Crippen LogP contribution is -2.21. The van der Waals surface area contributed by atoms with Crippen LogP contribution in [-0.4, -0.2) is 18.6 Å². The minimum Gasteiger partial charge on any atom is -0.464 e. The normalized spacial score (nSPS) is 12.5. The lowest BCUT2D eigenvalue weighted by molar-refractivity contribution is -0.145. The molecule has 0 saturated heterocycles. The van der Waals surface area contributed by atoms with Gasteiger partial charge in [0.1, 0.15) is 6.04 Å².